The lowest BCUT2D eigenvalue weighted by Gasteiger charge is -2.32. The fourth-order valence-electron chi connectivity index (χ4n) is 5.01. The van der Waals surface area contributed by atoms with Crippen molar-refractivity contribution in [1.29, 1.82) is 0 Å². The molecule has 0 aliphatic heterocycles. The van der Waals surface area contributed by atoms with Crippen LogP contribution in [0.5, 0.6) is 0 Å². The maximum atomic E-state index is 14.0. The van der Waals surface area contributed by atoms with E-state index in [-0.39, 0.29) is 39.1 Å². The fraction of sp³-hybridized carbons (Fsp3) is 0.355. The minimum Gasteiger partial charge on any atom is -0.352 e. The second kappa shape index (κ2) is 13.7. The Balaban J connectivity index is 1.67. The molecule has 7 nitrogen and oxygen atoms in total. The molecule has 0 bridgehead atoms. The van der Waals surface area contributed by atoms with Gasteiger partial charge in [-0.1, -0.05) is 84.1 Å². The monoisotopic (exact) mass is 615 g/mol. The summed E-state index contributed by atoms with van der Waals surface area (Å²) in [6.07, 6.45) is 4.44. The number of nitrogens with one attached hydrogen (secondary N) is 1. The summed E-state index contributed by atoms with van der Waals surface area (Å²) in [7, 11) is -4.20. The van der Waals surface area contributed by atoms with E-state index in [1.165, 1.54) is 35.2 Å². The second-order valence-corrected chi connectivity index (χ2v) is 13.2. The van der Waals surface area contributed by atoms with Gasteiger partial charge in [0, 0.05) is 22.6 Å². The summed E-state index contributed by atoms with van der Waals surface area (Å²) < 4.78 is 28.9. The van der Waals surface area contributed by atoms with Crippen molar-refractivity contribution in [2.24, 2.45) is 0 Å². The number of carbonyl (C=O) groups excluding carboxylic acids is 2. The zero-order valence-corrected chi connectivity index (χ0v) is 25.6. The molecule has 1 aliphatic carbocycles. The van der Waals surface area contributed by atoms with Crippen LogP contribution in [0.1, 0.15) is 43.7 Å². The first kappa shape index (κ1) is 30.9. The van der Waals surface area contributed by atoms with E-state index in [0.29, 0.717) is 6.42 Å². The van der Waals surface area contributed by atoms with Crippen LogP contribution < -0.4 is 9.62 Å². The van der Waals surface area contributed by atoms with E-state index >= 15 is 0 Å². The SMILES string of the molecule is Cc1ccc(S(=O)(=O)N(CC(=O)N(CCc2ccccc2)[C@H](C)C(=O)NC2CCCC2)c2cc(Cl)cc(Cl)c2)cc1. The molecule has 4 rings (SSSR count). The van der Waals surface area contributed by atoms with Gasteiger partial charge < -0.3 is 10.2 Å². The number of sulfonamides is 1. The number of rotatable bonds is 11. The van der Waals surface area contributed by atoms with Crippen LogP contribution in [0.15, 0.2) is 77.7 Å². The molecule has 1 saturated carbocycles. The highest BCUT2D eigenvalue weighted by molar-refractivity contribution is 7.92. The van der Waals surface area contributed by atoms with Crippen LogP contribution in [0.2, 0.25) is 10.0 Å². The van der Waals surface area contributed by atoms with E-state index in [0.717, 1.165) is 41.1 Å². The highest BCUT2D eigenvalue weighted by Gasteiger charge is 2.33. The van der Waals surface area contributed by atoms with E-state index < -0.39 is 28.5 Å². The number of hydrogen-bond acceptors (Lipinski definition) is 4. The number of halogens is 2. The summed E-state index contributed by atoms with van der Waals surface area (Å²) >= 11 is 12.5. The summed E-state index contributed by atoms with van der Waals surface area (Å²) in [5.74, 6) is -0.765. The summed E-state index contributed by atoms with van der Waals surface area (Å²) in [6.45, 7) is 3.23. The maximum absolute atomic E-state index is 14.0. The number of benzene rings is 3. The number of hydrogen-bond donors (Lipinski definition) is 1. The lowest BCUT2D eigenvalue weighted by molar-refractivity contribution is -0.139. The van der Waals surface area contributed by atoms with Gasteiger partial charge in [0.2, 0.25) is 11.8 Å². The third kappa shape index (κ3) is 8.03. The topological polar surface area (TPSA) is 86.8 Å². The Morgan fingerprint density at radius 2 is 1.56 bits per heavy atom. The highest BCUT2D eigenvalue weighted by Crippen LogP contribution is 2.30. The van der Waals surface area contributed by atoms with E-state index in [1.54, 1.807) is 19.1 Å². The molecule has 218 valence electrons. The van der Waals surface area contributed by atoms with Crippen molar-refractivity contribution in [3.63, 3.8) is 0 Å². The Morgan fingerprint density at radius 1 is 0.951 bits per heavy atom. The minimum atomic E-state index is -4.20. The number of amides is 2. The predicted octanol–water partition coefficient (Wildman–Crippen LogP) is 6.02. The van der Waals surface area contributed by atoms with Crippen molar-refractivity contribution >= 4 is 50.7 Å². The van der Waals surface area contributed by atoms with Crippen molar-refractivity contribution in [3.05, 3.63) is 94.0 Å². The van der Waals surface area contributed by atoms with Crippen molar-refractivity contribution in [1.82, 2.24) is 10.2 Å². The Labute approximate surface area is 252 Å². The molecule has 2 amide bonds. The van der Waals surface area contributed by atoms with Crippen molar-refractivity contribution in [2.75, 3.05) is 17.4 Å². The van der Waals surface area contributed by atoms with Gasteiger partial charge in [0.05, 0.1) is 10.6 Å². The Bertz CT molecular complexity index is 1440. The summed E-state index contributed by atoms with van der Waals surface area (Å²) in [5.41, 5.74) is 2.05. The van der Waals surface area contributed by atoms with Gasteiger partial charge in [-0.25, -0.2) is 8.42 Å². The van der Waals surface area contributed by atoms with Crippen molar-refractivity contribution in [3.8, 4) is 0 Å². The Hall–Kier alpha value is -3.07. The van der Waals surface area contributed by atoms with Crippen molar-refractivity contribution < 1.29 is 18.0 Å². The smallest absolute Gasteiger partial charge is 0.264 e. The molecule has 0 saturated heterocycles. The van der Waals surface area contributed by atoms with Gasteiger partial charge in [-0.05, 0) is 69.0 Å². The largest absolute Gasteiger partial charge is 0.352 e. The van der Waals surface area contributed by atoms with Gasteiger partial charge in [-0.15, -0.1) is 0 Å². The molecule has 0 spiro atoms. The molecule has 1 N–H and O–H groups in total. The molecule has 1 fully saturated rings. The molecule has 0 unspecified atom stereocenters. The van der Waals surface area contributed by atoms with E-state index in [2.05, 4.69) is 5.32 Å². The molecule has 41 heavy (non-hydrogen) atoms. The lowest BCUT2D eigenvalue weighted by atomic mass is 10.1. The van der Waals surface area contributed by atoms with Gasteiger partial charge in [-0.3, -0.25) is 13.9 Å². The van der Waals surface area contributed by atoms with E-state index in [9.17, 15) is 18.0 Å². The molecule has 1 aliphatic rings. The summed E-state index contributed by atoms with van der Waals surface area (Å²) in [6, 6.07) is 19.7. The zero-order chi connectivity index (χ0) is 29.6. The predicted molar refractivity (Wildman–Crippen MR) is 164 cm³/mol. The molecular weight excluding hydrogens is 581 g/mol. The Kier molecular flexibility index (Phi) is 10.3. The molecule has 0 heterocycles. The molecule has 1 atom stereocenters. The average molecular weight is 617 g/mol. The minimum absolute atomic E-state index is 0.0230. The highest BCUT2D eigenvalue weighted by atomic mass is 35.5. The van der Waals surface area contributed by atoms with Gasteiger partial charge in [0.1, 0.15) is 12.6 Å². The molecule has 3 aromatic rings. The van der Waals surface area contributed by atoms with Crippen LogP contribution in [0.4, 0.5) is 5.69 Å². The van der Waals surface area contributed by atoms with Gasteiger partial charge in [-0.2, -0.15) is 0 Å². The molecule has 3 aromatic carbocycles. The van der Waals surface area contributed by atoms with Crippen LogP contribution in [-0.4, -0.2) is 50.3 Å². The van der Waals surface area contributed by atoms with Crippen LogP contribution in [0.3, 0.4) is 0 Å². The normalized spacial score (nSPS) is 14.4. The summed E-state index contributed by atoms with van der Waals surface area (Å²) in [5, 5.41) is 3.54. The van der Waals surface area contributed by atoms with Crippen LogP contribution in [-0.2, 0) is 26.0 Å². The third-order valence-electron chi connectivity index (χ3n) is 7.38. The average Bonchev–Trinajstić information content (AvgIpc) is 3.45. The molecule has 10 heteroatoms. The van der Waals surface area contributed by atoms with Crippen LogP contribution in [0.25, 0.3) is 0 Å². The van der Waals surface area contributed by atoms with Gasteiger partial charge in [0.25, 0.3) is 10.0 Å². The van der Waals surface area contributed by atoms with Crippen LogP contribution in [0, 0.1) is 6.92 Å². The van der Waals surface area contributed by atoms with Gasteiger partial charge in [0.15, 0.2) is 0 Å². The number of nitrogens with zero attached hydrogens (tertiary/aromatic N) is 2. The zero-order valence-electron chi connectivity index (χ0n) is 23.2. The number of carbonyl (C=O) groups is 2. The fourth-order valence-corrected chi connectivity index (χ4v) is 6.92. The number of anilines is 1. The molecular formula is C31H35Cl2N3O4S. The Morgan fingerprint density at radius 3 is 2.17 bits per heavy atom. The first-order valence-electron chi connectivity index (χ1n) is 13.7. The molecule has 0 radical (unpaired) electrons. The standard InChI is InChI=1S/C31H35Cl2N3O4S/c1-22-12-14-29(15-13-22)41(39,40)36(28-19-25(32)18-26(33)20-28)21-30(37)35(17-16-24-8-4-3-5-9-24)23(2)31(38)34-27-10-6-7-11-27/h3-5,8-9,12-15,18-20,23,27H,6-7,10-11,16-17,21H2,1-2H3,(H,34,38)/t23-/m1/s1. The number of aryl methyl sites for hydroxylation is 1. The van der Waals surface area contributed by atoms with E-state index in [1.807, 2.05) is 37.3 Å². The van der Waals surface area contributed by atoms with Gasteiger partial charge >= 0.3 is 0 Å². The lowest BCUT2D eigenvalue weighted by Crippen LogP contribution is -2.53. The molecule has 0 aromatic heterocycles. The van der Waals surface area contributed by atoms with E-state index in [4.69, 9.17) is 23.2 Å². The summed E-state index contributed by atoms with van der Waals surface area (Å²) in [4.78, 5) is 28.8. The maximum Gasteiger partial charge on any atom is 0.264 e. The second-order valence-electron chi connectivity index (χ2n) is 10.4. The van der Waals surface area contributed by atoms with Crippen molar-refractivity contribution in [2.45, 2.75) is 62.9 Å². The quantitative estimate of drug-likeness (QED) is 0.286. The first-order chi connectivity index (χ1) is 19.5. The third-order valence-corrected chi connectivity index (χ3v) is 9.60. The first-order valence-corrected chi connectivity index (χ1v) is 15.9. The van der Waals surface area contributed by atoms with Crippen LogP contribution >= 0.6 is 23.2 Å².